The third kappa shape index (κ3) is 4.72. The van der Waals surface area contributed by atoms with Gasteiger partial charge in [0.25, 0.3) is 0 Å². The first-order valence-electron chi connectivity index (χ1n) is 8.36. The predicted octanol–water partition coefficient (Wildman–Crippen LogP) is 3.90. The third-order valence-corrected chi connectivity index (χ3v) is 4.67. The van der Waals surface area contributed by atoms with Crippen LogP contribution in [-0.2, 0) is 11.3 Å². The Labute approximate surface area is 129 Å². The quantitative estimate of drug-likeness (QED) is 0.824. The minimum Gasteiger partial charge on any atom is -0.382 e. The maximum Gasteiger partial charge on any atom is 0.0572 e. The molecule has 0 aliphatic heterocycles. The Morgan fingerprint density at radius 3 is 2.38 bits per heavy atom. The lowest BCUT2D eigenvalue weighted by atomic mass is 9.92. The average molecular weight is 290 g/mol. The monoisotopic (exact) mass is 290 g/mol. The van der Waals surface area contributed by atoms with E-state index in [1.165, 1.54) is 36.9 Å². The number of anilines is 1. The van der Waals surface area contributed by atoms with E-state index in [0.717, 1.165) is 19.6 Å². The van der Waals surface area contributed by atoms with E-state index in [4.69, 9.17) is 4.74 Å². The average Bonchev–Trinajstić information content (AvgIpc) is 2.54. The molecule has 0 spiro atoms. The van der Waals surface area contributed by atoms with Gasteiger partial charge in [0.2, 0.25) is 0 Å². The fraction of sp³-hybridized carbons (Fsp3) is 0.667. The molecule has 1 aromatic rings. The highest BCUT2D eigenvalue weighted by Crippen LogP contribution is 2.26. The van der Waals surface area contributed by atoms with E-state index in [-0.39, 0.29) is 0 Å². The first-order chi connectivity index (χ1) is 10.3. The minimum absolute atomic E-state index is 0.467. The summed E-state index contributed by atoms with van der Waals surface area (Å²) < 4.78 is 5.46. The van der Waals surface area contributed by atoms with Crippen LogP contribution in [-0.4, -0.2) is 37.2 Å². The Morgan fingerprint density at radius 2 is 1.76 bits per heavy atom. The van der Waals surface area contributed by atoms with Crippen molar-refractivity contribution in [2.24, 2.45) is 0 Å². The molecular weight excluding hydrogens is 260 g/mol. The zero-order valence-corrected chi connectivity index (χ0v) is 13.8. The van der Waals surface area contributed by atoms with Gasteiger partial charge in [0.1, 0.15) is 0 Å². The van der Waals surface area contributed by atoms with Crippen LogP contribution in [0.5, 0.6) is 0 Å². The van der Waals surface area contributed by atoms with Crippen LogP contribution in [0.3, 0.4) is 0 Å². The Hall–Kier alpha value is -1.06. The van der Waals surface area contributed by atoms with E-state index < -0.39 is 0 Å². The summed E-state index contributed by atoms with van der Waals surface area (Å²) in [6.45, 7) is 7.69. The summed E-state index contributed by atoms with van der Waals surface area (Å²) in [6, 6.07) is 9.35. The van der Waals surface area contributed by atoms with Crippen LogP contribution >= 0.6 is 0 Å². The number of hydrogen-bond acceptors (Lipinski definition) is 3. The van der Waals surface area contributed by atoms with E-state index in [1.54, 1.807) is 0 Å². The van der Waals surface area contributed by atoms with Crippen molar-refractivity contribution < 1.29 is 4.74 Å². The summed E-state index contributed by atoms with van der Waals surface area (Å²) in [5, 5.41) is 3.77. The van der Waals surface area contributed by atoms with Crippen LogP contribution in [0, 0.1) is 0 Å². The smallest absolute Gasteiger partial charge is 0.0572 e. The number of para-hydroxylation sites is 1. The van der Waals surface area contributed by atoms with Gasteiger partial charge in [-0.2, -0.15) is 0 Å². The number of nitrogens with one attached hydrogen (secondary N) is 1. The van der Waals surface area contributed by atoms with Gasteiger partial charge in [0.15, 0.2) is 0 Å². The first kappa shape index (κ1) is 16.3. The molecule has 118 valence electrons. The van der Waals surface area contributed by atoms with Crippen molar-refractivity contribution in [2.75, 3.05) is 25.5 Å². The Morgan fingerprint density at radius 1 is 1.10 bits per heavy atom. The van der Waals surface area contributed by atoms with E-state index >= 15 is 0 Å². The maximum absolute atomic E-state index is 5.46. The molecule has 1 N–H and O–H groups in total. The Balaban J connectivity index is 1.97. The molecular formula is C18H30N2O. The molecule has 0 aromatic heterocycles. The second-order valence-electron chi connectivity index (χ2n) is 5.97. The number of rotatable bonds is 7. The molecule has 1 aliphatic rings. The molecule has 2 rings (SSSR count). The third-order valence-electron chi connectivity index (χ3n) is 4.67. The second-order valence-corrected chi connectivity index (χ2v) is 5.97. The normalized spacial score (nSPS) is 22.5. The van der Waals surface area contributed by atoms with Crippen molar-refractivity contribution in [3.63, 3.8) is 0 Å². The fourth-order valence-electron chi connectivity index (χ4n) is 3.15. The van der Waals surface area contributed by atoms with Crippen molar-refractivity contribution in [1.29, 1.82) is 0 Å². The lowest BCUT2D eigenvalue weighted by Crippen LogP contribution is -2.30. The largest absolute Gasteiger partial charge is 0.382 e. The lowest BCUT2D eigenvalue weighted by Gasteiger charge is -2.30. The summed E-state index contributed by atoms with van der Waals surface area (Å²) >= 11 is 0. The van der Waals surface area contributed by atoms with Gasteiger partial charge in [-0.1, -0.05) is 32.0 Å². The molecule has 21 heavy (non-hydrogen) atoms. The Kier molecular flexibility index (Phi) is 6.52. The van der Waals surface area contributed by atoms with Gasteiger partial charge < -0.3 is 10.1 Å². The van der Waals surface area contributed by atoms with E-state index in [0.29, 0.717) is 12.1 Å². The van der Waals surface area contributed by atoms with Crippen LogP contribution in [0.1, 0.15) is 45.1 Å². The first-order valence-corrected chi connectivity index (χ1v) is 8.36. The molecule has 1 saturated carbocycles. The number of benzene rings is 1. The fourth-order valence-corrected chi connectivity index (χ4v) is 3.15. The zero-order chi connectivity index (χ0) is 15.1. The molecule has 0 bridgehead atoms. The molecule has 1 fully saturated rings. The van der Waals surface area contributed by atoms with Crippen LogP contribution in [0.2, 0.25) is 0 Å². The number of ether oxygens (including phenoxy) is 1. The molecule has 0 radical (unpaired) electrons. The standard InChI is InChI=1S/C18H30N2O/c1-4-20(5-2)14-15-8-6-7-9-18(15)19-16-10-12-17(21-3)13-11-16/h6-9,16-17,19H,4-5,10-14H2,1-3H3. The van der Waals surface area contributed by atoms with Crippen molar-refractivity contribution in [3.8, 4) is 0 Å². The number of methoxy groups -OCH3 is 1. The van der Waals surface area contributed by atoms with Crippen LogP contribution in [0.25, 0.3) is 0 Å². The highest BCUT2D eigenvalue weighted by atomic mass is 16.5. The lowest BCUT2D eigenvalue weighted by molar-refractivity contribution is 0.0682. The van der Waals surface area contributed by atoms with E-state index in [2.05, 4.69) is 48.3 Å². The summed E-state index contributed by atoms with van der Waals surface area (Å²) in [6.07, 6.45) is 5.23. The van der Waals surface area contributed by atoms with E-state index in [1.807, 2.05) is 7.11 Å². The summed E-state index contributed by atoms with van der Waals surface area (Å²) in [7, 11) is 1.83. The van der Waals surface area contributed by atoms with Gasteiger partial charge in [0.05, 0.1) is 6.10 Å². The molecule has 0 atom stereocenters. The second kappa shape index (κ2) is 8.40. The molecule has 3 heteroatoms. The predicted molar refractivity (Wildman–Crippen MR) is 89.7 cm³/mol. The van der Waals surface area contributed by atoms with Gasteiger partial charge in [0, 0.05) is 25.4 Å². The molecule has 3 nitrogen and oxygen atoms in total. The zero-order valence-electron chi connectivity index (χ0n) is 13.8. The molecule has 1 aliphatic carbocycles. The van der Waals surface area contributed by atoms with Crippen LogP contribution in [0.15, 0.2) is 24.3 Å². The van der Waals surface area contributed by atoms with Gasteiger partial charge in [-0.05, 0) is 50.4 Å². The molecule has 0 heterocycles. The van der Waals surface area contributed by atoms with Crippen LogP contribution in [0.4, 0.5) is 5.69 Å². The summed E-state index contributed by atoms with van der Waals surface area (Å²) in [5.41, 5.74) is 2.72. The highest BCUT2D eigenvalue weighted by Gasteiger charge is 2.21. The van der Waals surface area contributed by atoms with Crippen molar-refractivity contribution in [3.05, 3.63) is 29.8 Å². The van der Waals surface area contributed by atoms with Crippen LogP contribution < -0.4 is 5.32 Å². The summed E-state index contributed by atoms with van der Waals surface area (Å²) in [5.74, 6) is 0. The topological polar surface area (TPSA) is 24.5 Å². The summed E-state index contributed by atoms with van der Waals surface area (Å²) in [4.78, 5) is 2.46. The number of nitrogens with zero attached hydrogens (tertiary/aromatic N) is 1. The molecule has 1 aromatic carbocycles. The van der Waals surface area contributed by atoms with E-state index in [9.17, 15) is 0 Å². The minimum atomic E-state index is 0.467. The van der Waals surface area contributed by atoms with Gasteiger partial charge >= 0.3 is 0 Å². The molecule has 0 amide bonds. The molecule has 0 unspecified atom stereocenters. The van der Waals surface area contributed by atoms with Crippen molar-refractivity contribution >= 4 is 5.69 Å². The SMILES string of the molecule is CCN(CC)Cc1ccccc1NC1CCC(OC)CC1. The highest BCUT2D eigenvalue weighted by molar-refractivity contribution is 5.51. The number of hydrogen-bond donors (Lipinski definition) is 1. The van der Waals surface area contributed by atoms with Crippen molar-refractivity contribution in [1.82, 2.24) is 4.90 Å². The van der Waals surface area contributed by atoms with Gasteiger partial charge in [-0.25, -0.2) is 0 Å². The molecule has 0 saturated heterocycles. The van der Waals surface area contributed by atoms with Gasteiger partial charge in [-0.15, -0.1) is 0 Å². The van der Waals surface area contributed by atoms with Crippen molar-refractivity contribution in [2.45, 2.75) is 58.2 Å². The van der Waals surface area contributed by atoms with Gasteiger partial charge in [-0.3, -0.25) is 4.90 Å². The maximum atomic E-state index is 5.46. The Bertz CT molecular complexity index is 409.